The maximum Gasteiger partial charge on any atom is 1.00 e. The molecule has 0 aromatic heterocycles. The van der Waals surface area contributed by atoms with Crippen molar-refractivity contribution in [3.05, 3.63) is 0 Å². The van der Waals surface area contributed by atoms with Crippen molar-refractivity contribution in [1.29, 1.82) is 0 Å². The third-order valence-electron chi connectivity index (χ3n) is 0.478. The molecule has 0 aromatic carbocycles. The Bertz CT molecular complexity index is 212. The fraction of sp³-hybridized carbons (Fsp3) is 0.667. The number of hydrogen-bond acceptors (Lipinski definition) is 4. The van der Waals surface area contributed by atoms with Crippen LogP contribution in [0.3, 0.4) is 0 Å². The summed E-state index contributed by atoms with van der Waals surface area (Å²) in [7, 11) is -4.19. The van der Waals surface area contributed by atoms with Gasteiger partial charge in [0.2, 0.25) is 5.94 Å². The van der Waals surface area contributed by atoms with E-state index >= 15 is 0 Å². The van der Waals surface area contributed by atoms with Crippen LogP contribution >= 0.6 is 15.9 Å². The van der Waals surface area contributed by atoms with Gasteiger partial charge in [-0.25, -0.2) is 0 Å². The van der Waals surface area contributed by atoms with Crippen LogP contribution in [-0.4, -0.2) is 30.2 Å². The summed E-state index contributed by atoms with van der Waals surface area (Å²) < 4.78 is 31.9. The van der Waals surface area contributed by atoms with Crippen LogP contribution in [0.1, 0.15) is 0 Å². The van der Waals surface area contributed by atoms with Gasteiger partial charge in [0, 0.05) is 0 Å². The Morgan fingerprint density at radius 1 is 1.55 bits per heavy atom. The van der Waals surface area contributed by atoms with E-state index in [0.717, 1.165) is 0 Å². The van der Waals surface area contributed by atoms with E-state index < -0.39 is 22.0 Å². The third-order valence-corrected chi connectivity index (χ3v) is 1.35. The van der Waals surface area contributed by atoms with Crippen LogP contribution in [-0.2, 0) is 19.6 Å². The number of rotatable bonds is 3. The van der Waals surface area contributed by atoms with Gasteiger partial charge in [-0.1, -0.05) is 15.9 Å². The van der Waals surface area contributed by atoms with Gasteiger partial charge in [0.25, 0.3) is 0 Å². The number of alkyl halides is 1. The minimum atomic E-state index is -4.19. The minimum Gasteiger partial charge on any atom is -0.446 e. The predicted octanol–water partition coefficient (Wildman–Crippen LogP) is -3.23. The van der Waals surface area contributed by atoms with Crippen molar-refractivity contribution < 1.29 is 52.1 Å². The molecule has 0 fully saturated rings. The summed E-state index contributed by atoms with van der Waals surface area (Å²) in [5.74, 6) is -1.73. The molecular formula is C3H5BrNaO5S+. The van der Waals surface area contributed by atoms with Crippen LogP contribution in [0.15, 0.2) is 0 Å². The summed E-state index contributed by atoms with van der Waals surface area (Å²) in [5.41, 5.74) is 0. The van der Waals surface area contributed by atoms with E-state index in [-0.39, 0.29) is 34.9 Å². The Morgan fingerprint density at radius 2 is 2.00 bits per heavy atom. The van der Waals surface area contributed by atoms with E-state index in [1.165, 1.54) is 0 Å². The van der Waals surface area contributed by atoms with Crippen LogP contribution in [0, 0.1) is 0 Å². The molecule has 0 unspecified atom stereocenters. The maximum absolute atomic E-state index is 10.2. The van der Waals surface area contributed by atoms with E-state index in [0.29, 0.717) is 0 Å². The Balaban J connectivity index is 0. The van der Waals surface area contributed by atoms with Gasteiger partial charge < -0.3 is 4.74 Å². The van der Waals surface area contributed by atoms with E-state index in [4.69, 9.17) is 4.55 Å². The molecule has 0 aliphatic heterocycles. The molecule has 0 radical (unpaired) electrons. The third kappa shape index (κ3) is 10.9. The first-order valence-corrected chi connectivity index (χ1v) is 4.85. The van der Waals surface area contributed by atoms with Gasteiger partial charge in [-0.3, -0.25) is 9.35 Å². The molecule has 5 nitrogen and oxygen atoms in total. The van der Waals surface area contributed by atoms with Crippen LogP contribution < -0.4 is 29.6 Å². The molecule has 0 saturated carbocycles. The first kappa shape index (κ1) is 14.4. The molecule has 0 amide bonds. The summed E-state index contributed by atoms with van der Waals surface area (Å²) in [6.07, 6.45) is 0. The molecule has 11 heavy (non-hydrogen) atoms. The molecule has 0 aliphatic rings. The van der Waals surface area contributed by atoms with Crippen molar-refractivity contribution in [1.82, 2.24) is 0 Å². The minimum absolute atomic E-state index is 0. The van der Waals surface area contributed by atoms with E-state index in [2.05, 4.69) is 20.7 Å². The van der Waals surface area contributed by atoms with Gasteiger partial charge in [-0.15, -0.1) is 0 Å². The number of ether oxygens (including phenoxy) is 1. The normalized spacial score (nSPS) is 10.0. The Morgan fingerprint density at radius 3 is 2.27 bits per heavy atom. The second kappa shape index (κ2) is 6.38. The molecular weight excluding hydrogens is 251 g/mol. The van der Waals surface area contributed by atoms with Crippen molar-refractivity contribution in [3.63, 3.8) is 0 Å². The van der Waals surface area contributed by atoms with Crippen molar-refractivity contribution in [2.24, 2.45) is 0 Å². The Hall–Kier alpha value is 0.860. The SMILES string of the molecule is O=C(CBr)OCS(=O)(=O)O.[Na+]. The van der Waals surface area contributed by atoms with Crippen molar-refractivity contribution >= 4 is 32.0 Å². The molecule has 8 heteroatoms. The van der Waals surface area contributed by atoms with Crippen LogP contribution in [0.4, 0.5) is 0 Å². The Labute approximate surface area is 94.7 Å². The van der Waals surface area contributed by atoms with Crippen LogP contribution in [0.25, 0.3) is 0 Å². The molecule has 0 aromatic rings. The second-order valence-corrected chi connectivity index (χ2v) is 3.31. The first-order valence-electron chi connectivity index (χ1n) is 2.12. The Kier molecular flexibility index (Phi) is 8.35. The zero-order chi connectivity index (χ0) is 8.20. The topological polar surface area (TPSA) is 80.7 Å². The molecule has 0 aliphatic carbocycles. The first-order chi connectivity index (χ1) is 4.45. The molecule has 0 spiro atoms. The van der Waals surface area contributed by atoms with E-state index in [1.54, 1.807) is 0 Å². The molecule has 0 heterocycles. The average molecular weight is 256 g/mol. The van der Waals surface area contributed by atoms with Crippen LogP contribution in [0.5, 0.6) is 0 Å². The number of carbonyl (C=O) groups excluding carboxylic acids is 1. The summed E-state index contributed by atoms with van der Waals surface area (Å²) in [6.45, 7) is 0. The number of hydrogen-bond donors (Lipinski definition) is 1. The van der Waals surface area contributed by atoms with Crippen molar-refractivity contribution in [2.75, 3.05) is 11.3 Å². The predicted molar refractivity (Wildman–Crippen MR) is 36.3 cm³/mol. The second-order valence-electron chi connectivity index (χ2n) is 1.35. The fourth-order valence-corrected chi connectivity index (χ4v) is 0.621. The van der Waals surface area contributed by atoms with E-state index in [1.807, 2.05) is 0 Å². The molecule has 0 saturated heterocycles. The van der Waals surface area contributed by atoms with Gasteiger partial charge in [0.05, 0.1) is 0 Å². The van der Waals surface area contributed by atoms with Crippen molar-refractivity contribution in [2.45, 2.75) is 0 Å². The van der Waals surface area contributed by atoms with Gasteiger partial charge in [0.1, 0.15) is 5.33 Å². The summed E-state index contributed by atoms with van der Waals surface area (Å²) in [5, 5.41) is -0.0947. The van der Waals surface area contributed by atoms with E-state index in [9.17, 15) is 13.2 Å². The molecule has 0 atom stereocenters. The smallest absolute Gasteiger partial charge is 0.446 e. The summed E-state index contributed by atoms with van der Waals surface area (Å²) >= 11 is 2.73. The van der Waals surface area contributed by atoms with Gasteiger partial charge in [-0.05, 0) is 0 Å². The summed E-state index contributed by atoms with van der Waals surface area (Å²) in [6, 6.07) is 0. The standard InChI is InChI=1S/C3H5BrO5S.Na/c4-1-3(5)9-2-10(6,7)8;/h1-2H2,(H,6,7,8);/q;+1. The monoisotopic (exact) mass is 255 g/mol. The fourth-order valence-electron chi connectivity index (χ4n) is 0.179. The van der Waals surface area contributed by atoms with Gasteiger partial charge in [0.15, 0.2) is 0 Å². The average Bonchev–Trinajstić information content (AvgIpc) is 1.81. The van der Waals surface area contributed by atoms with Crippen LogP contribution in [0.2, 0.25) is 0 Å². The zero-order valence-corrected chi connectivity index (χ0v) is 10.2. The van der Waals surface area contributed by atoms with Gasteiger partial charge >= 0.3 is 45.6 Å². The van der Waals surface area contributed by atoms with Crippen molar-refractivity contribution in [3.8, 4) is 0 Å². The maximum atomic E-state index is 10.2. The number of esters is 1. The quantitative estimate of drug-likeness (QED) is 0.248. The molecule has 0 rings (SSSR count). The summed E-state index contributed by atoms with van der Waals surface area (Å²) in [4.78, 5) is 10.2. The number of halogens is 1. The number of carbonyl (C=O) groups is 1. The van der Waals surface area contributed by atoms with Gasteiger partial charge in [-0.2, -0.15) is 8.42 Å². The molecule has 60 valence electrons. The molecule has 0 bridgehead atoms. The molecule has 1 N–H and O–H groups in total. The zero-order valence-electron chi connectivity index (χ0n) is 5.78. The largest absolute Gasteiger partial charge is 1.00 e.